The van der Waals surface area contributed by atoms with Crippen LogP contribution < -0.4 is 15.4 Å². The minimum Gasteiger partial charge on any atom is -0.497 e. The number of benzene rings is 1. The fraction of sp³-hybridized carbons (Fsp3) is 0.562. The number of fused-ring (bicyclic) bond motifs is 1. The number of piperidine rings is 1. The first kappa shape index (κ1) is 13.4. The van der Waals surface area contributed by atoms with Gasteiger partial charge in [-0.1, -0.05) is 6.07 Å². The molecule has 1 aromatic carbocycles. The van der Waals surface area contributed by atoms with Gasteiger partial charge < -0.3 is 10.1 Å². The molecule has 0 spiro atoms. The maximum Gasteiger partial charge on any atom is 0.237 e. The summed E-state index contributed by atoms with van der Waals surface area (Å²) in [4.78, 5) is 11.9. The van der Waals surface area contributed by atoms with E-state index < -0.39 is 0 Å². The molecule has 1 fully saturated rings. The first-order chi connectivity index (χ1) is 9.78. The summed E-state index contributed by atoms with van der Waals surface area (Å²) in [6.07, 6.45) is 5.37. The Morgan fingerprint density at radius 3 is 2.90 bits per heavy atom. The SMILES string of the molecule is COc1ccc2c(c1)C(NC1CCCNC1=O)CCC2. The molecular weight excluding hydrogens is 252 g/mol. The van der Waals surface area contributed by atoms with E-state index in [0.29, 0.717) is 0 Å². The van der Waals surface area contributed by atoms with Crippen LogP contribution in [0.4, 0.5) is 0 Å². The Morgan fingerprint density at radius 2 is 2.10 bits per heavy atom. The minimum atomic E-state index is -0.0501. The molecule has 1 aliphatic heterocycles. The molecule has 0 radical (unpaired) electrons. The Kier molecular flexibility index (Phi) is 3.92. The maximum absolute atomic E-state index is 11.9. The number of aryl methyl sites for hydroxylation is 1. The van der Waals surface area contributed by atoms with Crippen LogP contribution in [0.25, 0.3) is 0 Å². The standard InChI is InChI=1S/C16H22N2O2/c1-20-12-8-7-11-4-2-5-14(13(11)10-12)18-15-6-3-9-17-16(15)19/h7-8,10,14-15,18H,2-6,9H2,1H3,(H,17,19). The lowest BCUT2D eigenvalue weighted by Crippen LogP contribution is -2.49. The van der Waals surface area contributed by atoms with Crippen LogP contribution in [-0.2, 0) is 11.2 Å². The van der Waals surface area contributed by atoms with Crippen LogP contribution in [0.5, 0.6) is 5.75 Å². The molecule has 2 unspecified atom stereocenters. The highest BCUT2D eigenvalue weighted by atomic mass is 16.5. The van der Waals surface area contributed by atoms with Gasteiger partial charge in [-0.3, -0.25) is 10.1 Å². The van der Waals surface area contributed by atoms with E-state index in [0.717, 1.165) is 38.0 Å². The van der Waals surface area contributed by atoms with Gasteiger partial charge in [-0.25, -0.2) is 0 Å². The summed E-state index contributed by atoms with van der Waals surface area (Å²) < 4.78 is 5.33. The summed E-state index contributed by atoms with van der Waals surface area (Å²) in [5, 5.41) is 6.49. The zero-order chi connectivity index (χ0) is 13.9. The predicted octanol–water partition coefficient (Wildman–Crippen LogP) is 1.94. The first-order valence-electron chi connectivity index (χ1n) is 7.48. The second kappa shape index (κ2) is 5.83. The van der Waals surface area contributed by atoms with Crippen molar-refractivity contribution in [2.45, 2.75) is 44.2 Å². The fourth-order valence-electron chi connectivity index (χ4n) is 3.25. The van der Waals surface area contributed by atoms with Crippen molar-refractivity contribution in [2.75, 3.05) is 13.7 Å². The number of rotatable bonds is 3. The number of carbonyl (C=O) groups excluding carboxylic acids is 1. The molecule has 2 aliphatic rings. The quantitative estimate of drug-likeness (QED) is 0.885. The van der Waals surface area contributed by atoms with Crippen molar-refractivity contribution in [2.24, 2.45) is 0 Å². The van der Waals surface area contributed by atoms with Crippen molar-refractivity contribution in [3.63, 3.8) is 0 Å². The third kappa shape index (κ3) is 2.66. The molecule has 2 atom stereocenters. The zero-order valence-corrected chi connectivity index (χ0v) is 11.9. The van der Waals surface area contributed by atoms with E-state index in [-0.39, 0.29) is 18.0 Å². The summed E-state index contributed by atoms with van der Waals surface area (Å²) in [7, 11) is 1.70. The minimum absolute atomic E-state index is 0.0501. The van der Waals surface area contributed by atoms with Gasteiger partial charge >= 0.3 is 0 Å². The smallest absolute Gasteiger partial charge is 0.237 e. The van der Waals surface area contributed by atoms with Crippen molar-refractivity contribution in [3.05, 3.63) is 29.3 Å². The van der Waals surface area contributed by atoms with Gasteiger partial charge in [-0.15, -0.1) is 0 Å². The van der Waals surface area contributed by atoms with Crippen LogP contribution in [0.3, 0.4) is 0 Å². The van der Waals surface area contributed by atoms with Gasteiger partial charge in [0, 0.05) is 12.6 Å². The van der Waals surface area contributed by atoms with E-state index in [9.17, 15) is 4.79 Å². The van der Waals surface area contributed by atoms with Crippen molar-refractivity contribution in [3.8, 4) is 5.75 Å². The maximum atomic E-state index is 11.9. The number of ether oxygens (including phenoxy) is 1. The fourth-order valence-corrected chi connectivity index (χ4v) is 3.25. The summed E-state index contributed by atoms with van der Waals surface area (Å²) in [5.41, 5.74) is 2.68. The topological polar surface area (TPSA) is 50.4 Å². The lowest BCUT2D eigenvalue weighted by molar-refractivity contribution is -0.124. The molecule has 108 valence electrons. The van der Waals surface area contributed by atoms with Crippen LogP contribution in [0, 0.1) is 0 Å². The van der Waals surface area contributed by atoms with E-state index in [1.807, 2.05) is 6.07 Å². The second-order valence-corrected chi connectivity index (χ2v) is 5.66. The molecule has 1 aromatic rings. The van der Waals surface area contributed by atoms with Crippen LogP contribution in [-0.4, -0.2) is 25.6 Å². The van der Waals surface area contributed by atoms with Crippen LogP contribution in [0.2, 0.25) is 0 Å². The monoisotopic (exact) mass is 274 g/mol. The molecule has 3 rings (SSSR count). The molecule has 4 nitrogen and oxygen atoms in total. The number of amides is 1. The number of hydrogen-bond donors (Lipinski definition) is 2. The third-order valence-electron chi connectivity index (χ3n) is 4.36. The van der Waals surface area contributed by atoms with Gasteiger partial charge in [0.15, 0.2) is 0 Å². The molecule has 1 aliphatic carbocycles. The van der Waals surface area contributed by atoms with E-state index in [1.165, 1.54) is 17.5 Å². The number of nitrogens with one attached hydrogen (secondary N) is 2. The Labute approximate surface area is 119 Å². The van der Waals surface area contributed by atoms with Gasteiger partial charge in [-0.2, -0.15) is 0 Å². The van der Waals surface area contributed by atoms with E-state index in [1.54, 1.807) is 7.11 Å². The normalized spacial score (nSPS) is 25.8. The van der Waals surface area contributed by atoms with Crippen LogP contribution in [0.1, 0.15) is 42.9 Å². The lowest BCUT2D eigenvalue weighted by atomic mass is 9.86. The molecule has 1 amide bonds. The number of carbonyl (C=O) groups is 1. The highest BCUT2D eigenvalue weighted by Crippen LogP contribution is 2.33. The highest BCUT2D eigenvalue weighted by Gasteiger charge is 2.28. The zero-order valence-electron chi connectivity index (χ0n) is 11.9. The van der Waals surface area contributed by atoms with Crippen molar-refractivity contribution in [1.82, 2.24) is 10.6 Å². The van der Waals surface area contributed by atoms with Crippen molar-refractivity contribution < 1.29 is 9.53 Å². The Balaban J connectivity index is 1.80. The Bertz CT molecular complexity index is 501. The average Bonchev–Trinajstić information content (AvgIpc) is 2.49. The molecule has 20 heavy (non-hydrogen) atoms. The van der Waals surface area contributed by atoms with Gasteiger partial charge in [0.1, 0.15) is 5.75 Å². The van der Waals surface area contributed by atoms with E-state index in [4.69, 9.17) is 4.74 Å². The highest BCUT2D eigenvalue weighted by molar-refractivity contribution is 5.82. The average molecular weight is 274 g/mol. The molecule has 2 N–H and O–H groups in total. The van der Waals surface area contributed by atoms with Crippen molar-refractivity contribution >= 4 is 5.91 Å². The summed E-state index contributed by atoms with van der Waals surface area (Å²) in [6, 6.07) is 6.51. The number of methoxy groups -OCH3 is 1. The van der Waals surface area contributed by atoms with Crippen molar-refractivity contribution in [1.29, 1.82) is 0 Å². The van der Waals surface area contributed by atoms with Gasteiger partial charge in [0.05, 0.1) is 13.2 Å². The lowest BCUT2D eigenvalue weighted by Gasteiger charge is -2.32. The molecule has 1 saturated heterocycles. The summed E-state index contributed by atoms with van der Waals surface area (Å²) in [5.74, 6) is 1.04. The Morgan fingerprint density at radius 1 is 1.25 bits per heavy atom. The van der Waals surface area contributed by atoms with Gasteiger partial charge in [0.2, 0.25) is 5.91 Å². The van der Waals surface area contributed by atoms with E-state index >= 15 is 0 Å². The van der Waals surface area contributed by atoms with Gasteiger partial charge in [-0.05, 0) is 55.4 Å². The van der Waals surface area contributed by atoms with Crippen LogP contribution >= 0.6 is 0 Å². The molecular formula is C16H22N2O2. The second-order valence-electron chi connectivity index (χ2n) is 5.66. The number of hydrogen-bond acceptors (Lipinski definition) is 3. The molecule has 1 heterocycles. The third-order valence-corrected chi connectivity index (χ3v) is 4.36. The summed E-state index contributed by atoms with van der Waals surface area (Å²) >= 11 is 0. The first-order valence-corrected chi connectivity index (χ1v) is 7.48. The Hall–Kier alpha value is -1.55. The largest absolute Gasteiger partial charge is 0.497 e. The van der Waals surface area contributed by atoms with Crippen LogP contribution in [0.15, 0.2) is 18.2 Å². The molecule has 0 bridgehead atoms. The predicted molar refractivity (Wildman–Crippen MR) is 77.8 cm³/mol. The van der Waals surface area contributed by atoms with E-state index in [2.05, 4.69) is 22.8 Å². The van der Waals surface area contributed by atoms with Gasteiger partial charge in [0.25, 0.3) is 0 Å². The molecule has 0 saturated carbocycles. The molecule has 4 heteroatoms. The molecule has 0 aromatic heterocycles. The summed E-state index contributed by atoms with van der Waals surface area (Å²) in [6.45, 7) is 0.812.